The number of methoxy groups -OCH3 is 2. The molecular weight excluding hydrogens is 264 g/mol. The number of likely N-dealkylation sites (tertiary alicyclic amines) is 1. The molecule has 1 N–H and O–H groups in total. The third kappa shape index (κ3) is 4.61. The first-order valence-corrected chi connectivity index (χ1v) is 7.90. The Morgan fingerprint density at radius 1 is 1.14 bits per heavy atom. The highest BCUT2D eigenvalue weighted by Crippen LogP contribution is 2.28. The van der Waals surface area contributed by atoms with E-state index in [-0.39, 0.29) is 0 Å². The first-order valence-electron chi connectivity index (χ1n) is 7.90. The van der Waals surface area contributed by atoms with Crippen LogP contribution in [0.5, 0.6) is 11.5 Å². The van der Waals surface area contributed by atoms with Crippen LogP contribution in [0.15, 0.2) is 18.2 Å². The van der Waals surface area contributed by atoms with Crippen LogP contribution in [0.3, 0.4) is 0 Å². The maximum atomic E-state index is 5.38. The van der Waals surface area contributed by atoms with Gasteiger partial charge in [0.2, 0.25) is 0 Å². The van der Waals surface area contributed by atoms with E-state index in [1.165, 1.54) is 38.0 Å². The second-order valence-corrected chi connectivity index (χ2v) is 5.72. The van der Waals surface area contributed by atoms with Crippen molar-refractivity contribution in [3.8, 4) is 11.5 Å². The molecule has 0 aromatic heterocycles. The van der Waals surface area contributed by atoms with Crippen LogP contribution < -0.4 is 14.8 Å². The molecule has 0 aliphatic carbocycles. The Labute approximate surface area is 128 Å². The molecule has 118 valence electrons. The van der Waals surface area contributed by atoms with Gasteiger partial charge in [-0.2, -0.15) is 0 Å². The Hall–Kier alpha value is -1.26. The predicted octanol–water partition coefficient (Wildman–Crippen LogP) is 2.53. The number of nitrogens with one attached hydrogen (secondary N) is 1. The van der Waals surface area contributed by atoms with Gasteiger partial charge in [0.05, 0.1) is 14.2 Å². The average Bonchev–Trinajstić information content (AvgIpc) is 2.54. The minimum Gasteiger partial charge on any atom is -0.493 e. The molecule has 1 aliphatic heterocycles. The van der Waals surface area contributed by atoms with Gasteiger partial charge in [-0.15, -0.1) is 0 Å². The van der Waals surface area contributed by atoms with Crippen LogP contribution in [0.1, 0.15) is 25.3 Å². The van der Waals surface area contributed by atoms with E-state index in [0.717, 1.165) is 30.5 Å². The molecule has 0 radical (unpaired) electrons. The van der Waals surface area contributed by atoms with Crippen LogP contribution in [-0.2, 0) is 6.54 Å². The fraction of sp³-hybridized carbons (Fsp3) is 0.647. The second kappa shape index (κ2) is 8.25. The molecule has 1 fully saturated rings. The molecule has 21 heavy (non-hydrogen) atoms. The molecule has 1 aromatic carbocycles. The summed E-state index contributed by atoms with van der Waals surface area (Å²) >= 11 is 0. The highest BCUT2D eigenvalue weighted by atomic mass is 16.5. The molecule has 1 saturated heterocycles. The fourth-order valence-electron chi connectivity index (χ4n) is 2.93. The van der Waals surface area contributed by atoms with Gasteiger partial charge >= 0.3 is 0 Å². The molecule has 0 amide bonds. The van der Waals surface area contributed by atoms with Gasteiger partial charge in [0.25, 0.3) is 0 Å². The first-order chi connectivity index (χ1) is 10.3. The topological polar surface area (TPSA) is 33.7 Å². The van der Waals surface area contributed by atoms with E-state index in [9.17, 15) is 0 Å². The summed E-state index contributed by atoms with van der Waals surface area (Å²) in [5, 5.41) is 3.46. The highest BCUT2D eigenvalue weighted by molar-refractivity contribution is 5.42. The standard InChI is InChI=1S/C17H28N2O2/c1-4-18-12-14-7-9-19(10-8-14)13-15-5-6-16(20-2)17(11-15)21-3/h5-6,11,14,18H,4,7-10,12-13H2,1-3H3. The Kier molecular flexibility index (Phi) is 6.33. The summed E-state index contributed by atoms with van der Waals surface area (Å²) in [6.45, 7) is 7.78. The lowest BCUT2D eigenvalue weighted by Crippen LogP contribution is -2.36. The van der Waals surface area contributed by atoms with Gasteiger partial charge in [0.1, 0.15) is 0 Å². The highest BCUT2D eigenvalue weighted by Gasteiger charge is 2.19. The Bertz CT molecular complexity index is 429. The first kappa shape index (κ1) is 16.1. The summed E-state index contributed by atoms with van der Waals surface area (Å²) in [4.78, 5) is 2.53. The van der Waals surface area contributed by atoms with E-state index in [1.807, 2.05) is 6.07 Å². The number of ether oxygens (including phenoxy) is 2. The van der Waals surface area contributed by atoms with Crippen LogP contribution in [0.25, 0.3) is 0 Å². The Morgan fingerprint density at radius 3 is 2.48 bits per heavy atom. The largest absolute Gasteiger partial charge is 0.493 e. The zero-order valence-corrected chi connectivity index (χ0v) is 13.5. The quantitative estimate of drug-likeness (QED) is 0.837. The smallest absolute Gasteiger partial charge is 0.161 e. The Morgan fingerprint density at radius 2 is 1.86 bits per heavy atom. The van der Waals surface area contributed by atoms with E-state index in [4.69, 9.17) is 9.47 Å². The number of hydrogen-bond acceptors (Lipinski definition) is 4. The fourth-order valence-corrected chi connectivity index (χ4v) is 2.93. The van der Waals surface area contributed by atoms with Crippen molar-refractivity contribution in [2.24, 2.45) is 5.92 Å². The minimum absolute atomic E-state index is 0.797. The lowest BCUT2D eigenvalue weighted by Gasteiger charge is -2.32. The maximum absolute atomic E-state index is 5.38. The third-order valence-corrected chi connectivity index (χ3v) is 4.24. The molecular formula is C17H28N2O2. The third-order valence-electron chi connectivity index (χ3n) is 4.24. The SMILES string of the molecule is CCNCC1CCN(Cc2ccc(OC)c(OC)c2)CC1. The van der Waals surface area contributed by atoms with Gasteiger partial charge in [-0.05, 0) is 62.6 Å². The number of benzene rings is 1. The monoisotopic (exact) mass is 292 g/mol. The van der Waals surface area contributed by atoms with Crippen molar-refractivity contribution >= 4 is 0 Å². The van der Waals surface area contributed by atoms with Gasteiger partial charge in [0, 0.05) is 6.54 Å². The molecule has 0 atom stereocenters. The number of rotatable bonds is 7. The second-order valence-electron chi connectivity index (χ2n) is 5.72. The lowest BCUT2D eigenvalue weighted by molar-refractivity contribution is 0.175. The van der Waals surface area contributed by atoms with Crippen molar-refractivity contribution in [2.45, 2.75) is 26.3 Å². The zero-order valence-electron chi connectivity index (χ0n) is 13.5. The lowest BCUT2D eigenvalue weighted by atomic mass is 9.96. The molecule has 0 unspecified atom stereocenters. The van der Waals surface area contributed by atoms with Gasteiger partial charge in [-0.25, -0.2) is 0 Å². The molecule has 0 bridgehead atoms. The van der Waals surface area contributed by atoms with Crippen molar-refractivity contribution in [2.75, 3.05) is 40.4 Å². The molecule has 0 spiro atoms. The molecule has 2 rings (SSSR count). The summed E-state index contributed by atoms with van der Waals surface area (Å²) in [7, 11) is 3.36. The molecule has 0 saturated carbocycles. The van der Waals surface area contributed by atoms with Gasteiger partial charge in [-0.1, -0.05) is 13.0 Å². The molecule has 1 aliphatic rings. The summed E-state index contributed by atoms with van der Waals surface area (Å²) in [6.07, 6.45) is 2.58. The molecule has 4 heteroatoms. The van der Waals surface area contributed by atoms with E-state index in [1.54, 1.807) is 14.2 Å². The summed E-state index contributed by atoms with van der Waals surface area (Å²) in [6, 6.07) is 6.21. The molecule has 1 aromatic rings. The molecule has 1 heterocycles. The van der Waals surface area contributed by atoms with E-state index in [0.29, 0.717) is 0 Å². The van der Waals surface area contributed by atoms with E-state index < -0.39 is 0 Å². The molecule has 4 nitrogen and oxygen atoms in total. The van der Waals surface area contributed by atoms with Crippen molar-refractivity contribution < 1.29 is 9.47 Å². The zero-order chi connectivity index (χ0) is 15.1. The Balaban J connectivity index is 1.86. The summed E-state index contributed by atoms with van der Waals surface area (Å²) in [5.74, 6) is 2.45. The number of piperidine rings is 1. The van der Waals surface area contributed by atoms with E-state index >= 15 is 0 Å². The normalized spacial score (nSPS) is 16.9. The maximum Gasteiger partial charge on any atom is 0.161 e. The van der Waals surface area contributed by atoms with Crippen molar-refractivity contribution in [1.29, 1.82) is 0 Å². The van der Waals surface area contributed by atoms with Gasteiger partial charge in [0.15, 0.2) is 11.5 Å². The number of nitrogens with zero attached hydrogens (tertiary/aromatic N) is 1. The predicted molar refractivity (Wildman–Crippen MR) is 86.1 cm³/mol. The van der Waals surface area contributed by atoms with Crippen molar-refractivity contribution in [3.05, 3.63) is 23.8 Å². The summed E-state index contributed by atoms with van der Waals surface area (Å²) < 4.78 is 10.7. The summed E-state index contributed by atoms with van der Waals surface area (Å²) in [5.41, 5.74) is 1.29. The van der Waals surface area contributed by atoms with Gasteiger partial charge in [-0.3, -0.25) is 4.90 Å². The van der Waals surface area contributed by atoms with Gasteiger partial charge < -0.3 is 14.8 Å². The van der Waals surface area contributed by atoms with Crippen LogP contribution in [0.4, 0.5) is 0 Å². The van der Waals surface area contributed by atoms with E-state index in [2.05, 4.69) is 29.3 Å². The van der Waals surface area contributed by atoms with Crippen molar-refractivity contribution in [1.82, 2.24) is 10.2 Å². The number of hydrogen-bond donors (Lipinski definition) is 1. The van der Waals surface area contributed by atoms with Crippen LogP contribution in [-0.4, -0.2) is 45.3 Å². The van der Waals surface area contributed by atoms with Crippen LogP contribution in [0, 0.1) is 5.92 Å². The van der Waals surface area contributed by atoms with Crippen molar-refractivity contribution in [3.63, 3.8) is 0 Å². The minimum atomic E-state index is 0.797. The average molecular weight is 292 g/mol. The van der Waals surface area contributed by atoms with Crippen LogP contribution >= 0.6 is 0 Å². The van der Waals surface area contributed by atoms with Crippen LogP contribution in [0.2, 0.25) is 0 Å².